The Kier molecular flexibility index (Phi) is 6.13. The van der Waals surface area contributed by atoms with Gasteiger partial charge in [0.05, 0.1) is 4.99 Å². The Morgan fingerprint density at radius 2 is 2.13 bits per heavy atom. The normalized spacial score (nSPS) is 18.3. The van der Waals surface area contributed by atoms with Crippen LogP contribution >= 0.6 is 12.2 Å². The second-order valence-electron chi connectivity index (χ2n) is 4.26. The lowest BCUT2D eigenvalue weighted by Gasteiger charge is -2.29. The minimum Gasteiger partial charge on any atom is -0.392 e. The second-order valence-corrected chi connectivity index (χ2v) is 4.78. The van der Waals surface area contributed by atoms with Crippen molar-refractivity contribution in [3.05, 3.63) is 0 Å². The highest BCUT2D eigenvalue weighted by molar-refractivity contribution is 7.80. The van der Waals surface area contributed by atoms with E-state index in [9.17, 15) is 0 Å². The Morgan fingerprint density at radius 3 is 2.67 bits per heavy atom. The molecule has 2 N–H and O–H groups in total. The van der Waals surface area contributed by atoms with Gasteiger partial charge in [-0.3, -0.25) is 4.90 Å². The highest BCUT2D eigenvalue weighted by Crippen LogP contribution is 2.16. The maximum absolute atomic E-state index is 5.59. The summed E-state index contributed by atoms with van der Waals surface area (Å²) in [6.45, 7) is 7.00. The van der Waals surface area contributed by atoms with Crippen molar-refractivity contribution in [1.29, 1.82) is 0 Å². The molecule has 1 fully saturated rings. The Hall–Kier alpha value is -0.190. The molecule has 0 unspecified atom stereocenters. The van der Waals surface area contributed by atoms with Gasteiger partial charge in [-0.2, -0.15) is 0 Å². The van der Waals surface area contributed by atoms with Gasteiger partial charge in [0.15, 0.2) is 0 Å². The highest BCUT2D eigenvalue weighted by Gasteiger charge is 2.17. The Labute approximate surface area is 98.0 Å². The van der Waals surface area contributed by atoms with Crippen molar-refractivity contribution >= 4 is 17.2 Å². The van der Waals surface area contributed by atoms with Crippen LogP contribution in [0.4, 0.5) is 0 Å². The van der Waals surface area contributed by atoms with Gasteiger partial charge in [-0.25, -0.2) is 0 Å². The number of nitrogens with two attached hydrogens (primary N) is 1. The summed E-state index contributed by atoms with van der Waals surface area (Å²) in [7, 11) is 0. The topological polar surface area (TPSA) is 38.5 Å². The van der Waals surface area contributed by atoms with Gasteiger partial charge in [0.25, 0.3) is 0 Å². The van der Waals surface area contributed by atoms with Gasteiger partial charge in [0.1, 0.15) is 0 Å². The van der Waals surface area contributed by atoms with Gasteiger partial charge in [-0.05, 0) is 31.7 Å². The van der Waals surface area contributed by atoms with Gasteiger partial charge in [0.2, 0.25) is 0 Å². The molecule has 0 bridgehead atoms. The molecule has 1 rings (SSSR count). The number of ether oxygens (including phenoxy) is 1. The molecule has 88 valence electrons. The quantitative estimate of drug-likeness (QED) is 0.700. The molecular weight excluding hydrogens is 208 g/mol. The highest BCUT2D eigenvalue weighted by atomic mass is 32.1. The summed E-state index contributed by atoms with van der Waals surface area (Å²) < 4.78 is 5.35. The van der Waals surface area contributed by atoms with E-state index in [0.717, 1.165) is 45.2 Å². The molecule has 1 aliphatic rings. The lowest BCUT2D eigenvalue weighted by atomic mass is 9.99. The largest absolute Gasteiger partial charge is 0.392 e. The zero-order valence-electron chi connectivity index (χ0n) is 9.58. The zero-order valence-corrected chi connectivity index (χ0v) is 10.4. The standard InChI is InChI=1S/C11H22N2OS/c1-2-5-13(9-11(12)15)8-10-3-6-14-7-4-10/h10H,2-9H2,1H3,(H2,12,15). The van der Waals surface area contributed by atoms with E-state index >= 15 is 0 Å². The third-order valence-corrected chi connectivity index (χ3v) is 2.91. The maximum Gasteiger partial charge on any atom is 0.0870 e. The summed E-state index contributed by atoms with van der Waals surface area (Å²) in [5.74, 6) is 0.764. The predicted octanol–water partition coefficient (Wildman–Crippen LogP) is 1.41. The average Bonchev–Trinajstić information content (AvgIpc) is 2.18. The molecule has 15 heavy (non-hydrogen) atoms. The van der Waals surface area contributed by atoms with Crippen molar-refractivity contribution in [2.45, 2.75) is 26.2 Å². The molecular formula is C11H22N2OS. The van der Waals surface area contributed by atoms with Gasteiger partial charge in [-0.15, -0.1) is 0 Å². The van der Waals surface area contributed by atoms with E-state index in [1.807, 2.05) is 0 Å². The van der Waals surface area contributed by atoms with E-state index in [4.69, 9.17) is 22.7 Å². The molecule has 0 aromatic rings. The fraction of sp³-hybridized carbons (Fsp3) is 0.909. The minimum absolute atomic E-state index is 0.607. The van der Waals surface area contributed by atoms with E-state index in [2.05, 4.69) is 11.8 Å². The summed E-state index contributed by atoms with van der Waals surface area (Å²) in [5.41, 5.74) is 5.59. The molecule has 1 heterocycles. The molecule has 0 aromatic heterocycles. The zero-order chi connectivity index (χ0) is 11.1. The van der Waals surface area contributed by atoms with Crippen LogP contribution in [0.3, 0.4) is 0 Å². The first-order chi connectivity index (χ1) is 7.22. The van der Waals surface area contributed by atoms with Gasteiger partial charge >= 0.3 is 0 Å². The van der Waals surface area contributed by atoms with Crippen molar-refractivity contribution in [2.75, 3.05) is 32.8 Å². The second kappa shape index (κ2) is 7.14. The van der Waals surface area contributed by atoms with Crippen LogP contribution in [0.2, 0.25) is 0 Å². The van der Waals surface area contributed by atoms with Crippen LogP contribution in [0, 0.1) is 5.92 Å². The van der Waals surface area contributed by atoms with Crippen molar-refractivity contribution in [1.82, 2.24) is 4.90 Å². The van der Waals surface area contributed by atoms with Gasteiger partial charge < -0.3 is 10.5 Å². The van der Waals surface area contributed by atoms with Crippen LogP contribution in [0.1, 0.15) is 26.2 Å². The monoisotopic (exact) mass is 230 g/mol. The Balaban J connectivity index is 2.31. The van der Waals surface area contributed by atoms with E-state index in [1.165, 1.54) is 12.8 Å². The molecule has 0 aliphatic carbocycles. The third kappa shape index (κ3) is 5.44. The van der Waals surface area contributed by atoms with Gasteiger partial charge in [0, 0.05) is 26.3 Å². The van der Waals surface area contributed by atoms with Crippen LogP contribution in [-0.2, 0) is 4.74 Å². The number of thiocarbonyl (C=S) groups is 1. The molecule has 0 amide bonds. The molecule has 0 saturated carbocycles. The summed E-state index contributed by atoms with van der Waals surface area (Å²) in [4.78, 5) is 2.98. The summed E-state index contributed by atoms with van der Waals surface area (Å²) in [5, 5.41) is 0. The Bertz CT molecular complexity index is 193. The molecule has 1 aliphatic heterocycles. The first-order valence-electron chi connectivity index (χ1n) is 5.80. The van der Waals surface area contributed by atoms with Crippen LogP contribution in [0.15, 0.2) is 0 Å². The number of rotatable bonds is 6. The molecule has 4 heteroatoms. The molecule has 1 saturated heterocycles. The molecule has 3 nitrogen and oxygen atoms in total. The van der Waals surface area contributed by atoms with Crippen molar-refractivity contribution < 1.29 is 4.74 Å². The fourth-order valence-electron chi connectivity index (χ4n) is 2.07. The SMILES string of the molecule is CCCN(CC(N)=S)CC1CCOCC1. The van der Waals surface area contributed by atoms with E-state index in [0.29, 0.717) is 4.99 Å². The average molecular weight is 230 g/mol. The summed E-state index contributed by atoms with van der Waals surface area (Å²) in [6, 6.07) is 0. The number of nitrogens with zero attached hydrogens (tertiary/aromatic N) is 1. The minimum atomic E-state index is 0.607. The lowest BCUT2D eigenvalue weighted by molar-refractivity contribution is 0.0545. The fourth-order valence-corrected chi connectivity index (χ4v) is 2.25. The van der Waals surface area contributed by atoms with E-state index < -0.39 is 0 Å². The summed E-state index contributed by atoms with van der Waals surface area (Å²) >= 11 is 4.97. The Morgan fingerprint density at radius 1 is 1.47 bits per heavy atom. The van der Waals surface area contributed by atoms with Crippen LogP contribution in [-0.4, -0.2) is 42.7 Å². The maximum atomic E-state index is 5.59. The molecule has 0 radical (unpaired) electrons. The smallest absolute Gasteiger partial charge is 0.0870 e. The number of hydrogen-bond donors (Lipinski definition) is 1. The summed E-state index contributed by atoms with van der Waals surface area (Å²) in [6.07, 6.45) is 3.51. The van der Waals surface area contributed by atoms with Gasteiger partial charge in [-0.1, -0.05) is 19.1 Å². The lowest BCUT2D eigenvalue weighted by Crippen LogP contribution is -2.38. The van der Waals surface area contributed by atoms with E-state index in [-0.39, 0.29) is 0 Å². The molecule has 0 aromatic carbocycles. The van der Waals surface area contributed by atoms with Crippen LogP contribution in [0.25, 0.3) is 0 Å². The predicted molar refractivity (Wildman–Crippen MR) is 67.1 cm³/mol. The molecule has 0 spiro atoms. The first-order valence-corrected chi connectivity index (χ1v) is 6.21. The van der Waals surface area contributed by atoms with Crippen molar-refractivity contribution in [2.24, 2.45) is 11.7 Å². The number of hydrogen-bond acceptors (Lipinski definition) is 3. The van der Waals surface area contributed by atoms with Crippen LogP contribution < -0.4 is 5.73 Å². The van der Waals surface area contributed by atoms with Crippen molar-refractivity contribution in [3.8, 4) is 0 Å². The van der Waals surface area contributed by atoms with Crippen LogP contribution in [0.5, 0.6) is 0 Å². The first kappa shape index (κ1) is 12.9. The molecule has 0 atom stereocenters. The van der Waals surface area contributed by atoms with Crippen molar-refractivity contribution in [3.63, 3.8) is 0 Å². The van der Waals surface area contributed by atoms with E-state index in [1.54, 1.807) is 0 Å². The third-order valence-electron chi connectivity index (χ3n) is 2.78.